The van der Waals surface area contributed by atoms with Gasteiger partial charge in [0.05, 0.1) is 6.61 Å². The van der Waals surface area contributed by atoms with Crippen molar-refractivity contribution in [1.82, 2.24) is 0 Å². The normalized spacial score (nSPS) is 10.3. The number of ketones is 1. The Hall–Kier alpha value is -1.77. The van der Waals surface area contributed by atoms with Crippen LogP contribution >= 0.6 is 0 Å². The summed E-state index contributed by atoms with van der Waals surface area (Å²) in [5, 5.41) is 0. The first-order chi connectivity index (χ1) is 9.08. The Kier molecular flexibility index (Phi) is 6.13. The molecule has 0 radical (unpaired) electrons. The van der Waals surface area contributed by atoms with Crippen LogP contribution in [0.15, 0.2) is 30.9 Å². The molecule has 0 unspecified atom stereocenters. The highest BCUT2D eigenvalue weighted by Gasteiger charge is 2.10. The summed E-state index contributed by atoms with van der Waals surface area (Å²) >= 11 is 0. The molecule has 0 fully saturated rings. The Labute approximate surface area is 115 Å². The van der Waals surface area contributed by atoms with Crippen molar-refractivity contribution in [3.63, 3.8) is 0 Å². The molecule has 0 aliphatic heterocycles. The lowest BCUT2D eigenvalue weighted by molar-refractivity contribution is -0.123. The molecule has 0 amide bonds. The van der Waals surface area contributed by atoms with Crippen LogP contribution in [0.3, 0.4) is 0 Å². The van der Waals surface area contributed by atoms with Gasteiger partial charge in [0.25, 0.3) is 0 Å². The van der Waals surface area contributed by atoms with Gasteiger partial charge in [-0.05, 0) is 31.5 Å². The number of Topliss-reactive ketones (excluding diaryl/α,β-unsaturated/α-hetero) is 1. The Morgan fingerprint density at radius 3 is 2.68 bits per heavy atom. The van der Waals surface area contributed by atoms with Crippen LogP contribution in [-0.4, -0.2) is 19.0 Å². The number of rotatable bonds is 8. The summed E-state index contributed by atoms with van der Waals surface area (Å²) in [5.74, 6) is 1.61. The first-order valence-electron chi connectivity index (χ1n) is 6.60. The van der Waals surface area contributed by atoms with E-state index in [2.05, 4.69) is 6.58 Å². The van der Waals surface area contributed by atoms with Crippen LogP contribution in [0.4, 0.5) is 0 Å². The molecule has 3 heteroatoms. The molecular formula is C16H22O3. The van der Waals surface area contributed by atoms with Gasteiger partial charge in [0.2, 0.25) is 0 Å². The van der Waals surface area contributed by atoms with Gasteiger partial charge in [0.1, 0.15) is 18.1 Å². The maximum absolute atomic E-state index is 11.6. The van der Waals surface area contributed by atoms with Crippen LogP contribution in [0.2, 0.25) is 0 Å². The smallest absolute Gasteiger partial charge is 0.172 e. The number of benzene rings is 1. The third-order valence-electron chi connectivity index (χ3n) is 2.72. The van der Waals surface area contributed by atoms with Crippen molar-refractivity contribution in [3.8, 4) is 11.5 Å². The third kappa shape index (κ3) is 4.78. The van der Waals surface area contributed by atoms with Crippen molar-refractivity contribution in [2.24, 2.45) is 5.92 Å². The van der Waals surface area contributed by atoms with E-state index in [1.54, 1.807) is 0 Å². The highest BCUT2D eigenvalue weighted by atomic mass is 16.5. The van der Waals surface area contributed by atoms with Crippen LogP contribution < -0.4 is 9.47 Å². The molecule has 0 bridgehead atoms. The molecule has 0 heterocycles. The minimum atomic E-state index is -0.00875. The Morgan fingerprint density at radius 1 is 1.37 bits per heavy atom. The quantitative estimate of drug-likeness (QED) is 0.673. The lowest BCUT2D eigenvalue weighted by Crippen LogP contribution is -2.17. The average molecular weight is 262 g/mol. The van der Waals surface area contributed by atoms with E-state index in [0.29, 0.717) is 13.0 Å². The number of ether oxygens (including phenoxy) is 2. The lowest BCUT2D eigenvalue weighted by atomic mass is 10.1. The topological polar surface area (TPSA) is 35.5 Å². The van der Waals surface area contributed by atoms with Crippen molar-refractivity contribution in [2.75, 3.05) is 13.2 Å². The number of hydrogen-bond donors (Lipinski definition) is 0. The molecule has 3 nitrogen and oxygen atoms in total. The Morgan fingerprint density at radius 2 is 2.11 bits per heavy atom. The summed E-state index contributed by atoms with van der Waals surface area (Å²) in [7, 11) is 0. The number of carbonyl (C=O) groups excluding carboxylic acids is 1. The summed E-state index contributed by atoms with van der Waals surface area (Å²) < 4.78 is 11.0. The van der Waals surface area contributed by atoms with Gasteiger partial charge < -0.3 is 9.47 Å². The van der Waals surface area contributed by atoms with Crippen molar-refractivity contribution >= 4 is 5.78 Å². The average Bonchev–Trinajstić information content (AvgIpc) is 2.38. The standard InChI is InChI=1S/C16H22O3/c1-5-7-13-10-14(18-6-2)8-9-16(13)19-11-15(17)12(3)4/h5,8-10,12H,1,6-7,11H2,2-4H3. The first kappa shape index (κ1) is 15.3. The molecule has 0 atom stereocenters. The minimum Gasteiger partial charge on any atom is -0.494 e. The first-order valence-corrected chi connectivity index (χ1v) is 6.60. The second kappa shape index (κ2) is 7.62. The van der Waals surface area contributed by atoms with Crippen LogP contribution in [0.25, 0.3) is 0 Å². The SMILES string of the molecule is C=CCc1cc(OCC)ccc1OCC(=O)C(C)C. The molecule has 0 aromatic heterocycles. The number of hydrogen-bond acceptors (Lipinski definition) is 3. The van der Waals surface area contributed by atoms with E-state index in [1.165, 1.54) is 0 Å². The fourth-order valence-corrected chi connectivity index (χ4v) is 1.58. The zero-order valence-electron chi connectivity index (χ0n) is 11.9. The van der Waals surface area contributed by atoms with Gasteiger partial charge in [0, 0.05) is 11.5 Å². The lowest BCUT2D eigenvalue weighted by Gasteiger charge is -2.13. The van der Waals surface area contributed by atoms with Gasteiger partial charge in [-0.2, -0.15) is 0 Å². The number of carbonyl (C=O) groups is 1. The second-order valence-corrected chi connectivity index (χ2v) is 4.61. The molecule has 0 aliphatic carbocycles. The van der Waals surface area contributed by atoms with Crippen molar-refractivity contribution in [1.29, 1.82) is 0 Å². The van der Waals surface area contributed by atoms with E-state index < -0.39 is 0 Å². The van der Waals surface area contributed by atoms with Gasteiger partial charge in [-0.1, -0.05) is 19.9 Å². The molecule has 0 spiro atoms. The fraction of sp³-hybridized carbons (Fsp3) is 0.438. The van der Waals surface area contributed by atoms with E-state index in [4.69, 9.17) is 9.47 Å². The summed E-state index contributed by atoms with van der Waals surface area (Å²) in [6, 6.07) is 5.63. The van der Waals surface area contributed by atoms with E-state index >= 15 is 0 Å². The maximum atomic E-state index is 11.6. The van der Waals surface area contributed by atoms with Gasteiger partial charge in [-0.25, -0.2) is 0 Å². The van der Waals surface area contributed by atoms with Crippen LogP contribution in [0.1, 0.15) is 26.3 Å². The Balaban J connectivity index is 2.81. The van der Waals surface area contributed by atoms with Crippen LogP contribution in [-0.2, 0) is 11.2 Å². The third-order valence-corrected chi connectivity index (χ3v) is 2.72. The van der Waals surface area contributed by atoms with Gasteiger partial charge in [-0.15, -0.1) is 6.58 Å². The predicted octanol–water partition coefficient (Wildman–Crippen LogP) is 3.42. The summed E-state index contributed by atoms with van der Waals surface area (Å²) in [6.45, 7) is 10.1. The molecular weight excluding hydrogens is 240 g/mol. The summed E-state index contributed by atoms with van der Waals surface area (Å²) in [4.78, 5) is 11.6. The summed E-state index contributed by atoms with van der Waals surface area (Å²) in [6.07, 6.45) is 2.49. The highest BCUT2D eigenvalue weighted by Crippen LogP contribution is 2.25. The van der Waals surface area contributed by atoms with Crippen molar-refractivity contribution in [3.05, 3.63) is 36.4 Å². The van der Waals surface area contributed by atoms with Gasteiger partial charge in [0.15, 0.2) is 5.78 Å². The molecule has 1 aromatic rings. The number of allylic oxidation sites excluding steroid dienone is 1. The van der Waals surface area contributed by atoms with E-state index in [0.717, 1.165) is 17.1 Å². The fourth-order valence-electron chi connectivity index (χ4n) is 1.58. The molecule has 1 rings (SSSR count). The molecule has 0 aliphatic rings. The molecule has 19 heavy (non-hydrogen) atoms. The molecule has 104 valence electrons. The van der Waals surface area contributed by atoms with E-state index in [1.807, 2.05) is 45.0 Å². The van der Waals surface area contributed by atoms with Crippen LogP contribution in [0.5, 0.6) is 11.5 Å². The minimum absolute atomic E-state index is 0.00875. The molecule has 0 saturated carbocycles. The Bertz CT molecular complexity index is 436. The van der Waals surface area contributed by atoms with Gasteiger partial charge >= 0.3 is 0 Å². The van der Waals surface area contributed by atoms with Crippen molar-refractivity contribution < 1.29 is 14.3 Å². The monoisotopic (exact) mass is 262 g/mol. The molecule has 0 N–H and O–H groups in total. The van der Waals surface area contributed by atoms with Gasteiger partial charge in [-0.3, -0.25) is 4.79 Å². The highest BCUT2D eigenvalue weighted by molar-refractivity contribution is 5.81. The maximum Gasteiger partial charge on any atom is 0.172 e. The predicted molar refractivity (Wildman–Crippen MR) is 76.9 cm³/mol. The summed E-state index contributed by atoms with van der Waals surface area (Å²) in [5.41, 5.74) is 0.984. The molecule has 0 saturated heterocycles. The van der Waals surface area contributed by atoms with E-state index in [-0.39, 0.29) is 18.3 Å². The van der Waals surface area contributed by atoms with Crippen molar-refractivity contribution in [2.45, 2.75) is 27.2 Å². The second-order valence-electron chi connectivity index (χ2n) is 4.61. The largest absolute Gasteiger partial charge is 0.494 e. The molecule has 1 aromatic carbocycles. The van der Waals surface area contributed by atoms with E-state index in [9.17, 15) is 4.79 Å². The zero-order valence-corrected chi connectivity index (χ0v) is 11.9. The zero-order chi connectivity index (χ0) is 14.3. The van der Waals surface area contributed by atoms with Crippen LogP contribution in [0, 0.1) is 5.92 Å².